The van der Waals surface area contributed by atoms with Crippen molar-refractivity contribution in [3.8, 4) is 5.75 Å². The number of esters is 1. The number of hydrogen-bond donors (Lipinski definition) is 0. The first-order valence-corrected chi connectivity index (χ1v) is 11.3. The standard InChI is InChI=1S/C30H27NO3/c1-23-15-17-26(18-16-23)30(33)34-28-14-8-13-27(19-28)29(32)22-31(20-24-9-4-2-5-10-24)21-25-11-6-3-7-12-25/h2-19H,20-22H2,1H3. The molecule has 0 fully saturated rings. The fourth-order valence-electron chi connectivity index (χ4n) is 3.73. The number of ketones is 1. The van der Waals surface area contributed by atoms with Gasteiger partial charge in [-0.25, -0.2) is 4.79 Å². The van der Waals surface area contributed by atoms with Crippen LogP contribution in [0.1, 0.15) is 37.4 Å². The average Bonchev–Trinajstić information content (AvgIpc) is 2.86. The van der Waals surface area contributed by atoms with Gasteiger partial charge in [0, 0.05) is 18.7 Å². The molecule has 0 saturated carbocycles. The molecule has 0 spiro atoms. The molecule has 0 atom stereocenters. The van der Waals surface area contributed by atoms with E-state index < -0.39 is 5.97 Å². The van der Waals surface area contributed by atoms with Crippen molar-refractivity contribution in [2.24, 2.45) is 0 Å². The Hall–Kier alpha value is -4.02. The van der Waals surface area contributed by atoms with Gasteiger partial charge < -0.3 is 4.74 Å². The van der Waals surface area contributed by atoms with Crippen molar-refractivity contribution >= 4 is 11.8 Å². The third kappa shape index (κ3) is 6.50. The topological polar surface area (TPSA) is 46.6 Å². The van der Waals surface area contributed by atoms with Crippen LogP contribution >= 0.6 is 0 Å². The molecule has 0 unspecified atom stereocenters. The first-order chi connectivity index (χ1) is 16.6. The van der Waals surface area contributed by atoms with Crippen LogP contribution in [0, 0.1) is 6.92 Å². The van der Waals surface area contributed by atoms with Crippen molar-refractivity contribution in [1.82, 2.24) is 4.90 Å². The van der Waals surface area contributed by atoms with E-state index in [1.807, 2.05) is 55.5 Å². The highest BCUT2D eigenvalue weighted by Crippen LogP contribution is 2.18. The molecule has 0 N–H and O–H groups in total. The molecule has 0 aliphatic heterocycles. The molecule has 0 aromatic heterocycles. The Morgan fingerprint density at radius 3 is 1.85 bits per heavy atom. The minimum atomic E-state index is -0.445. The summed E-state index contributed by atoms with van der Waals surface area (Å²) in [6.45, 7) is 3.52. The van der Waals surface area contributed by atoms with E-state index in [2.05, 4.69) is 29.2 Å². The van der Waals surface area contributed by atoms with Crippen molar-refractivity contribution in [2.45, 2.75) is 20.0 Å². The lowest BCUT2D eigenvalue weighted by Crippen LogP contribution is -2.29. The van der Waals surface area contributed by atoms with Gasteiger partial charge in [0.1, 0.15) is 5.75 Å². The van der Waals surface area contributed by atoms with Crippen molar-refractivity contribution in [1.29, 1.82) is 0 Å². The largest absolute Gasteiger partial charge is 0.423 e. The summed E-state index contributed by atoms with van der Waals surface area (Å²) < 4.78 is 5.52. The number of carbonyl (C=O) groups is 2. The van der Waals surface area contributed by atoms with Crippen LogP contribution in [-0.4, -0.2) is 23.2 Å². The van der Waals surface area contributed by atoms with E-state index in [-0.39, 0.29) is 12.3 Å². The van der Waals surface area contributed by atoms with E-state index in [0.717, 1.165) is 16.7 Å². The van der Waals surface area contributed by atoms with Crippen LogP contribution in [0.15, 0.2) is 109 Å². The number of Topliss-reactive ketones (excluding diaryl/α,β-unsaturated/α-hetero) is 1. The lowest BCUT2D eigenvalue weighted by atomic mass is 10.1. The van der Waals surface area contributed by atoms with Crippen molar-refractivity contribution < 1.29 is 14.3 Å². The lowest BCUT2D eigenvalue weighted by molar-refractivity contribution is 0.0733. The smallest absolute Gasteiger partial charge is 0.343 e. The number of carbonyl (C=O) groups excluding carboxylic acids is 2. The van der Waals surface area contributed by atoms with Gasteiger partial charge in [0.25, 0.3) is 0 Å². The molecule has 4 aromatic rings. The summed E-state index contributed by atoms with van der Waals surface area (Å²) in [5.41, 5.74) is 4.35. The monoisotopic (exact) mass is 449 g/mol. The van der Waals surface area contributed by atoms with Crippen LogP contribution in [0.5, 0.6) is 5.75 Å². The second-order valence-corrected chi connectivity index (χ2v) is 8.32. The molecule has 0 bridgehead atoms. The zero-order valence-corrected chi connectivity index (χ0v) is 19.2. The lowest BCUT2D eigenvalue weighted by Gasteiger charge is -2.22. The molecule has 0 aliphatic rings. The SMILES string of the molecule is Cc1ccc(C(=O)Oc2cccc(C(=O)CN(Cc3ccccc3)Cc3ccccc3)c2)cc1. The summed E-state index contributed by atoms with van der Waals surface area (Å²) in [6, 6.07) is 34.3. The molecule has 4 heteroatoms. The molecule has 0 amide bonds. The van der Waals surface area contributed by atoms with Gasteiger partial charge >= 0.3 is 5.97 Å². The molecule has 34 heavy (non-hydrogen) atoms. The van der Waals surface area contributed by atoms with Gasteiger partial charge in [-0.15, -0.1) is 0 Å². The summed E-state index contributed by atoms with van der Waals surface area (Å²) >= 11 is 0. The summed E-state index contributed by atoms with van der Waals surface area (Å²) in [5.74, 6) is -0.117. The van der Waals surface area contributed by atoms with E-state index in [4.69, 9.17) is 4.74 Å². The highest BCUT2D eigenvalue weighted by atomic mass is 16.5. The first-order valence-electron chi connectivity index (χ1n) is 11.3. The number of nitrogens with zero attached hydrogens (tertiary/aromatic N) is 1. The summed E-state index contributed by atoms with van der Waals surface area (Å²) in [7, 11) is 0. The molecule has 4 nitrogen and oxygen atoms in total. The fraction of sp³-hybridized carbons (Fsp3) is 0.133. The molecule has 170 valence electrons. The quantitative estimate of drug-likeness (QED) is 0.176. The molecule has 0 saturated heterocycles. The molecule has 4 aromatic carbocycles. The van der Waals surface area contributed by atoms with Crippen LogP contribution < -0.4 is 4.74 Å². The van der Waals surface area contributed by atoms with Crippen LogP contribution in [0.4, 0.5) is 0 Å². The van der Waals surface area contributed by atoms with Crippen molar-refractivity contribution in [3.63, 3.8) is 0 Å². The van der Waals surface area contributed by atoms with Crippen LogP contribution in [0.2, 0.25) is 0 Å². The Kier molecular flexibility index (Phi) is 7.63. The van der Waals surface area contributed by atoms with E-state index in [0.29, 0.717) is 30.0 Å². The van der Waals surface area contributed by atoms with Gasteiger partial charge in [0.2, 0.25) is 0 Å². The van der Waals surface area contributed by atoms with Crippen molar-refractivity contribution in [2.75, 3.05) is 6.54 Å². The minimum absolute atomic E-state index is 0.0277. The molecule has 4 rings (SSSR count). The average molecular weight is 450 g/mol. The molecular formula is C30H27NO3. The predicted octanol–water partition coefficient (Wildman–Crippen LogP) is 6.10. The number of rotatable bonds is 9. The number of benzene rings is 4. The Morgan fingerprint density at radius 2 is 1.26 bits per heavy atom. The highest BCUT2D eigenvalue weighted by molar-refractivity contribution is 5.98. The van der Waals surface area contributed by atoms with E-state index in [1.54, 1.807) is 36.4 Å². The zero-order chi connectivity index (χ0) is 23.8. The molecule has 0 heterocycles. The highest BCUT2D eigenvalue weighted by Gasteiger charge is 2.16. The number of aryl methyl sites for hydroxylation is 1. The third-order valence-electron chi connectivity index (χ3n) is 5.52. The second kappa shape index (κ2) is 11.2. The summed E-state index contributed by atoms with van der Waals surface area (Å²) in [5, 5.41) is 0. The van der Waals surface area contributed by atoms with Crippen LogP contribution in [0.3, 0.4) is 0 Å². The van der Waals surface area contributed by atoms with Crippen LogP contribution in [-0.2, 0) is 13.1 Å². The van der Waals surface area contributed by atoms with Gasteiger partial charge in [0.15, 0.2) is 5.78 Å². The summed E-state index contributed by atoms with van der Waals surface area (Å²) in [4.78, 5) is 27.8. The third-order valence-corrected chi connectivity index (χ3v) is 5.52. The Morgan fingerprint density at radius 1 is 0.676 bits per heavy atom. The van der Waals surface area contributed by atoms with Gasteiger partial charge in [-0.1, -0.05) is 90.5 Å². The van der Waals surface area contributed by atoms with Gasteiger partial charge in [-0.3, -0.25) is 9.69 Å². The number of ether oxygens (including phenoxy) is 1. The first kappa shape index (κ1) is 23.1. The Bertz CT molecular complexity index is 1190. The van der Waals surface area contributed by atoms with Gasteiger partial charge in [-0.2, -0.15) is 0 Å². The van der Waals surface area contributed by atoms with E-state index in [1.165, 1.54) is 0 Å². The van der Waals surface area contributed by atoms with E-state index >= 15 is 0 Å². The predicted molar refractivity (Wildman–Crippen MR) is 134 cm³/mol. The Balaban J connectivity index is 1.47. The summed E-state index contributed by atoms with van der Waals surface area (Å²) in [6.07, 6.45) is 0. The maximum Gasteiger partial charge on any atom is 0.343 e. The second-order valence-electron chi connectivity index (χ2n) is 8.32. The Labute approximate surface area is 200 Å². The van der Waals surface area contributed by atoms with Crippen molar-refractivity contribution in [3.05, 3.63) is 137 Å². The normalized spacial score (nSPS) is 10.8. The maximum atomic E-state index is 13.2. The van der Waals surface area contributed by atoms with Crippen LogP contribution in [0.25, 0.3) is 0 Å². The maximum absolute atomic E-state index is 13.2. The molecule has 0 aliphatic carbocycles. The fourth-order valence-corrected chi connectivity index (χ4v) is 3.73. The zero-order valence-electron chi connectivity index (χ0n) is 19.2. The number of hydrogen-bond acceptors (Lipinski definition) is 4. The van der Waals surface area contributed by atoms with E-state index in [9.17, 15) is 9.59 Å². The van der Waals surface area contributed by atoms with Gasteiger partial charge in [0.05, 0.1) is 12.1 Å². The molecular weight excluding hydrogens is 422 g/mol. The van der Waals surface area contributed by atoms with Gasteiger partial charge in [-0.05, 0) is 42.3 Å². The minimum Gasteiger partial charge on any atom is -0.423 e. The molecule has 0 radical (unpaired) electrons.